The van der Waals surface area contributed by atoms with Gasteiger partial charge in [0, 0.05) is 42.3 Å². The van der Waals surface area contributed by atoms with Gasteiger partial charge < -0.3 is 16.0 Å². The molecule has 3 unspecified atom stereocenters. The zero-order valence-electron chi connectivity index (χ0n) is 14.4. The number of anilines is 1. The van der Waals surface area contributed by atoms with Gasteiger partial charge in [0.2, 0.25) is 5.91 Å². The van der Waals surface area contributed by atoms with Gasteiger partial charge in [0.25, 0.3) is 0 Å². The average Bonchev–Trinajstić information content (AvgIpc) is 2.95. The van der Waals surface area contributed by atoms with Crippen LogP contribution in [0.1, 0.15) is 25.8 Å². The molecule has 0 aromatic heterocycles. The van der Waals surface area contributed by atoms with Gasteiger partial charge in [0.15, 0.2) is 0 Å². The molecule has 1 fully saturated rings. The Balaban J connectivity index is 0.00000264. The number of carbonyl (C=O) groups is 1. The van der Waals surface area contributed by atoms with Crippen molar-refractivity contribution in [3.63, 3.8) is 0 Å². The summed E-state index contributed by atoms with van der Waals surface area (Å²) < 4.78 is 0. The number of benzene rings is 1. The normalized spacial score (nSPS) is 19.0. The highest BCUT2D eigenvalue weighted by Gasteiger charge is 2.25. The molecule has 1 aliphatic rings. The van der Waals surface area contributed by atoms with E-state index in [2.05, 4.69) is 23.2 Å². The van der Waals surface area contributed by atoms with Gasteiger partial charge >= 0.3 is 0 Å². The minimum absolute atomic E-state index is 0. The van der Waals surface area contributed by atoms with Crippen LogP contribution in [0.5, 0.6) is 0 Å². The number of halogens is 3. The van der Waals surface area contributed by atoms with E-state index in [1.54, 1.807) is 0 Å². The molecule has 1 saturated heterocycles. The molecule has 138 valence electrons. The maximum absolute atomic E-state index is 12.0. The molecule has 1 aromatic rings. The van der Waals surface area contributed by atoms with Crippen molar-refractivity contribution in [1.82, 2.24) is 5.32 Å². The number of nitrogens with one attached hydrogen (secondary N) is 1. The van der Waals surface area contributed by atoms with E-state index in [0.29, 0.717) is 12.5 Å². The maximum Gasteiger partial charge on any atom is 0.224 e. The second-order valence-corrected chi connectivity index (χ2v) is 6.86. The number of nitrogens with two attached hydrogens (primary N) is 1. The average molecular weight is 397 g/mol. The molecule has 0 aliphatic carbocycles. The molecule has 1 amide bonds. The molecule has 1 aliphatic heterocycles. The summed E-state index contributed by atoms with van der Waals surface area (Å²) in [4.78, 5) is 14.3. The third-order valence-electron chi connectivity index (χ3n) is 4.56. The second kappa shape index (κ2) is 10.3. The van der Waals surface area contributed by atoms with E-state index in [1.807, 2.05) is 26.0 Å². The van der Waals surface area contributed by atoms with Gasteiger partial charge in [0.05, 0.1) is 0 Å². The van der Waals surface area contributed by atoms with Crippen LogP contribution in [-0.2, 0) is 4.79 Å². The predicted molar refractivity (Wildman–Crippen MR) is 107 cm³/mol. The third-order valence-corrected chi connectivity index (χ3v) is 4.80. The van der Waals surface area contributed by atoms with Gasteiger partial charge in [-0.1, -0.05) is 24.6 Å². The largest absolute Gasteiger partial charge is 0.371 e. The van der Waals surface area contributed by atoms with Crippen molar-refractivity contribution in [3.8, 4) is 0 Å². The molecule has 3 N–H and O–H groups in total. The first-order chi connectivity index (χ1) is 10.4. The van der Waals surface area contributed by atoms with E-state index in [4.69, 9.17) is 17.3 Å². The standard InChI is InChI=1S/C17H26ClN3O.2ClH/c1-11-4-5-15(18)8-16(11)21-7-6-14(10-21)9-20-17(22)12(2)13(3)19;;/h4-5,8,12-14H,6-7,9-10,19H2,1-3H3,(H,20,22);2*1H. The molecule has 0 radical (unpaired) electrons. The summed E-state index contributed by atoms with van der Waals surface area (Å²) >= 11 is 6.10. The Morgan fingerprint density at radius 1 is 1.42 bits per heavy atom. The van der Waals surface area contributed by atoms with E-state index in [9.17, 15) is 4.79 Å². The Morgan fingerprint density at radius 2 is 2.08 bits per heavy atom. The SMILES string of the molecule is Cc1ccc(Cl)cc1N1CCC(CNC(=O)C(C)C(C)N)C1.Cl.Cl. The van der Waals surface area contributed by atoms with E-state index < -0.39 is 0 Å². The summed E-state index contributed by atoms with van der Waals surface area (Å²) in [6.45, 7) is 8.51. The fourth-order valence-corrected chi connectivity index (χ4v) is 2.95. The first-order valence-electron chi connectivity index (χ1n) is 7.93. The van der Waals surface area contributed by atoms with Crippen molar-refractivity contribution >= 4 is 48.0 Å². The van der Waals surface area contributed by atoms with Crippen molar-refractivity contribution in [3.05, 3.63) is 28.8 Å². The topological polar surface area (TPSA) is 58.4 Å². The van der Waals surface area contributed by atoms with Gasteiger partial charge in [-0.25, -0.2) is 0 Å². The van der Waals surface area contributed by atoms with Gasteiger partial charge in [-0.2, -0.15) is 0 Å². The highest BCUT2D eigenvalue weighted by atomic mass is 35.5. The third kappa shape index (κ3) is 5.99. The van der Waals surface area contributed by atoms with Crippen molar-refractivity contribution in [2.24, 2.45) is 17.6 Å². The van der Waals surface area contributed by atoms with Crippen LogP contribution in [0, 0.1) is 18.8 Å². The molecule has 0 spiro atoms. The molecule has 2 rings (SSSR count). The quantitative estimate of drug-likeness (QED) is 0.801. The Hall–Kier alpha value is -0.680. The highest BCUT2D eigenvalue weighted by Crippen LogP contribution is 2.29. The smallest absolute Gasteiger partial charge is 0.224 e. The van der Waals surface area contributed by atoms with Crippen molar-refractivity contribution in [2.45, 2.75) is 33.2 Å². The van der Waals surface area contributed by atoms with Gasteiger partial charge in [-0.05, 0) is 43.9 Å². The summed E-state index contributed by atoms with van der Waals surface area (Å²) in [7, 11) is 0. The zero-order valence-corrected chi connectivity index (χ0v) is 16.8. The van der Waals surface area contributed by atoms with Crippen LogP contribution in [0.4, 0.5) is 5.69 Å². The number of rotatable bonds is 5. The predicted octanol–water partition coefficient (Wildman–Crippen LogP) is 3.42. The Bertz CT molecular complexity index is 540. The molecule has 0 bridgehead atoms. The Kier molecular flexibility index (Phi) is 10.0. The highest BCUT2D eigenvalue weighted by molar-refractivity contribution is 6.30. The summed E-state index contributed by atoms with van der Waals surface area (Å²) in [5, 5.41) is 3.80. The van der Waals surface area contributed by atoms with E-state index in [-0.39, 0.29) is 42.7 Å². The molecule has 3 atom stereocenters. The number of amides is 1. The van der Waals surface area contributed by atoms with Crippen LogP contribution >= 0.6 is 36.4 Å². The van der Waals surface area contributed by atoms with Crippen molar-refractivity contribution in [1.29, 1.82) is 0 Å². The number of hydrogen-bond acceptors (Lipinski definition) is 3. The molecule has 4 nitrogen and oxygen atoms in total. The lowest BCUT2D eigenvalue weighted by molar-refractivity contribution is -0.125. The van der Waals surface area contributed by atoms with Crippen LogP contribution in [-0.4, -0.2) is 31.6 Å². The molecule has 24 heavy (non-hydrogen) atoms. The summed E-state index contributed by atoms with van der Waals surface area (Å²) in [6.07, 6.45) is 1.08. The van der Waals surface area contributed by atoms with Crippen LogP contribution in [0.2, 0.25) is 5.02 Å². The number of nitrogens with zero attached hydrogens (tertiary/aromatic N) is 1. The van der Waals surface area contributed by atoms with Gasteiger partial charge in [-0.15, -0.1) is 24.8 Å². The minimum atomic E-state index is -0.146. The Labute approximate surface area is 162 Å². The lowest BCUT2D eigenvalue weighted by Gasteiger charge is -2.22. The lowest BCUT2D eigenvalue weighted by atomic mass is 10.0. The molecule has 1 heterocycles. The number of hydrogen-bond donors (Lipinski definition) is 2. The van der Waals surface area contributed by atoms with Crippen molar-refractivity contribution in [2.75, 3.05) is 24.5 Å². The summed E-state index contributed by atoms with van der Waals surface area (Å²) in [6, 6.07) is 5.88. The molecular formula is C17H28Cl3N3O. The van der Waals surface area contributed by atoms with Crippen molar-refractivity contribution < 1.29 is 4.79 Å². The fourth-order valence-electron chi connectivity index (χ4n) is 2.79. The summed E-state index contributed by atoms with van der Waals surface area (Å²) in [5.74, 6) is 0.377. The first-order valence-corrected chi connectivity index (χ1v) is 8.30. The van der Waals surface area contributed by atoms with E-state index in [0.717, 1.165) is 24.5 Å². The molecule has 0 saturated carbocycles. The Morgan fingerprint density at radius 3 is 2.71 bits per heavy atom. The lowest BCUT2D eigenvalue weighted by Crippen LogP contribution is -2.40. The molecular weight excluding hydrogens is 369 g/mol. The minimum Gasteiger partial charge on any atom is -0.371 e. The second-order valence-electron chi connectivity index (χ2n) is 6.42. The monoisotopic (exact) mass is 395 g/mol. The van der Waals surface area contributed by atoms with E-state index in [1.165, 1.54) is 11.3 Å². The van der Waals surface area contributed by atoms with Gasteiger partial charge in [0.1, 0.15) is 0 Å². The van der Waals surface area contributed by atoms with E-state index >= 15 is 0 Å². The van der Waals surface area contributed by atoms with Gasteiger partial charge in [-0.3, -0.25) is 4.79 Å². The van der Waals surface area contributed by atoms with Crippen LogP contribution in [0.3, 0.4) is 0 Å². The van der Waals surface area contributed by atoms with Crippen LogP contribution in [0.25, 0.3) is 0 Å². The number of carbonyl (C=O) groups excluding carboxylic acids is 1. The molecule has 1 aromatic carbocycles. The summed E-state index contributed by atoms with van der Waals surface area (Å²) in [5.41, 5.74) is 8.20. The zero-order chi connectivity index (χ0) is 16.3. The van der Waals surface area contributed by atoms with Crippen LogP contribution < -0.4 is 16.0 Å². The number of aryl methyl sites for hydroxylation is 1. The fraction of sp³-hybridized carbons (Fsp3) is 0.588. The maximum atomic E-state index is 12.0. The first kappa shape index (κ1) is 23.3. The van der Waals surface area contributed by atoms with Crippen LogP contribution in [0.15, 0.2) is 18.2 Å². The molecule has 7 heteroatoms.